The fraction of sp³-hybridized carbons (Fsp3) is 0. The first-order chi connectivity index (χ1) is 14.3. The maximum absolute atomic E-state index is 9.75. The second kappa shape index (κ2) is 7.37. The van der Waals surface area contributed by atoms with Crippen LogP contribution >= 0.6 is 11.3 Å². The van der Waals surface area contributed by atoms with Crippen LogP contribution in [-0.4, -0.2) is 15.1 Å². The molecule has 2 N–H and O–H groups in total. The van der Waals surface area contributed by atoms with Crippen LogP contribution in [0.4, 0.5) is 11.5 Å². The number of nitrogens with zero attached hydrogens (tertiary/aromatic N) is 2. The van der Waals surface area contributed by atoms with E-state index in [1.54, 1.807) is 35.9 Å². The van der Waals surface area contributed by atoms with E-state index < -0.39 is 0 Å². The first-order valence-corrected chi connectivity index (χ1v) is 10.1. The van der Waals surface area contributed by atoms with Crippen molar-refractivity contribution in [1.82, 2.24) is 9.97 Å². The summed E-state index contributed by atoms with van der Waals surface area (Å²) in [6.07, 6.45) is 1.56. The molecule has 0 saturated heterocycles. The van der Waals surface area contributed by atoms with Gasteiger partial charge in [0.1, 0.15) is 22.7 Å². The number of phenolic OH excluding ortho intramolecular Hbond substituents is 1. The average Bonchev–Trinajstić information content (AvgIpc) is 3.20. The van der Waals surface area contributed by atoms with Crippen molar-refractivity contribution in [3.8, 4) is 28.0 Å². The summed E-state index contributed by atoms with van der Waals surface area (Å²) >= 11 is 1.60. The molecule has 0 fully saturated rings. The van der Waals surface area contributed by atoms with E-state index in [1.807, 2.05) is 24.3 Å². The molecule has 29 heavy (non-hydrogen) atoms. The highest BCUT2D eigenvalue weighted by molar-refractivity contribution is 7.17. The summed E-state index contributed by atoms with van der Waals surface area (Å²) in [6, 6.07) is 25.9. The van der Waals surface area contributed by atoms with E-state index in [0.29, 0.717) is 0 Å². The molecule has 2 aromatic heterocycles. The van der Waals surface area contributed by atoms with Crippen molar-refractivity contribution in [2.24, 2.45) is 0 Å². The van der Waals surface area contributed by atoms with Crippen molar-refractivity contribution in [1.29, 1.82) is 0 Å². The SMILES string of the molecule is Oc1cccc(Nc2ncnc3scc(-c4ccc(-c5ccccc5)cc4)c23)c1. The maximum Gasteiger partial charge on any atom is 0.143 e. The van der Waals surface area contributed by atoms with Crippen molar-refractivity contribution in [3.05, 3.63) is 90.6 Å². The van der Waals surface area contributed by atoms with Gasteiger partial charge in [-0.15, -0.1) is 11.3 Å². The molecule has 140 valence electrons. The van der Waals surface area contributed by atoms with Gasteiger partial charge in [0.15, 0.2) is 0 Å². The van der Waals surface area contributed by atoms with Crippen LogP contribution in [0, 0.1) is 0 Å². The molecule has 5 rings (SSSR count). The number of aromatic hydroxyl groups is 1. The molecule has 0 aliphatic carbocycles. The van der Waals surface area contributed by atoms with Crippen molar-refractivity contribution < 1.29 is 5.11 Å². The second-order valence-corrected chi connectivity index (χ2v) is 7.53. The smallest absolute Gasteiger partial charge is 0.143 e. The molecule has 4 nitrogen and oxygen atoms in total. The number of rotatable bonds is 4. The normalized spacial score (nSPS) is 10.9. The number of thiophene rings is 1. The Balaban J connectivity index is 1.55. The van der Waals surface area contributed by atoms with E-state index >= 15 is 0 Å². The number of hydrogen-bond donors (Lipinski definition) is 2. The lowest BCUT2D eigenvalue weighted by Gasteiger charge is -2.09. The van der Waals surface area contributed by atoms with E-state index in [0.717, 1.165) is 32.8 Å². The van der Waals surface area contributed by atoms with Crippen LogP contribution in [0.15, 0.2) is 90.6 Å². The zero-order chi connectivity index (χ0) is 19.6. The third-order valence-electron chi connectivity index (χ3n) is 4.78. The lowest BCUT2D eigenvalue weighted by atomic mass is 10.0. The van der Waals surface area contributed by atoms with Gasteiger partial charge in [-0.1, -0.05) is 60.7 Å². The van der Waals surface area contributed by atoms with Crippen LogP contribution in [0.1, 0.15) is 0 Å². The molecule has 0 spiro atoms. The highest BCUT2D eigenvalue weighted by Gasteiger charge is 2.13. The number of aromatic nitrogens is 2. The predicted octanol–water partition coefficient (Wildman–Crippen LogP) is 6.47. The molecule has 5 heteroatoms. The van der Waals surface area contributed by atoms with Crippen LogP contribution < -0.4 is 5.32 Å². The molecule has 0 unspecified atom stereocenters. The van der Waals surface area contributed by atoms with E-state index in [9.17, 15) is 5.11 Å². The Hall–Kier alpha value is -3.70. The van der Waals surface area contributed by atoms with Crippen LogP contribution in [0.25, 0.3) is 32.5 Å². The Labute approximate surface area is 172 Å². The van der Waals surface area contributed by atoms with E-state index in [4.69, 9.17) is 0 Å². The number of hydrogen-bond acceptors (Lipinski definition) is 5. The first-order valence-electron chi connectivity index (χ1n) is 9.22. The number of anilines is 2. The zero-order valence-electron chi connectivity index (χ0n) is 15.4. The highest BCUT2D eigenvalue weighted by Crippen LogP contribution is 2.38. The first kappa shape index (κ1) is 17.4. The minimum Gasteiger partial charge on any atom is -0.508 e. The Morgan fingerprint density at radius 3 is 2.31 bits per heavy atom. The minimum absolute atomic E-state index is 0.211. The number of benzene rings is 3. The Kier molecular flexibility index (Phi) is 4.42. The van der Waals surface area contributed by atoms with Gasteiger partial charge in [-0.25, -0.2) is 9.97 Å². The van der Waals surface area contributed by atoms with Crippen LogP contribution in [0.2, 0.25) is 0 Å². The van der Waals surface area contributed by atoms with Crippen LogP contribution in [0.3, 0.4) is 0 Å². The van der Waals surface area contributed by atoms with Crippen molar-refractivity contribution in [3.63, 3.8) is 0 Å². The summed E-state index contributed by atoms with van der Waals surface area (Å²) < 4.78 is 0. The molecule has 0 radical (unpaired) electrons. The summed E-state index contributed by atoms with van der Waals surface area (Å²) in [4.78, 5) is 9.81. The number of fused-ring (bicyclic) bond motifs is 1. The Morgan fingerprint density at radius 2 is 1.52 bits per heavy atom. The Morgan fingerprint density at radius 1 is 0.759 bits per heavy atom. The third kappa shape index (κ3) is 3.44. The monoisotopic (exact) mass is 395 g/mol. The van der Waals surface area contributed by atoms with Crippen molar-refractivity contribution in [2.45, 2.75) is 0 Å². The summed E-state index contributed by atoms with van der Waals surface area (Å²) in [5.74, 6) is 0.936. The topological polar surface area (TPSA) is 58.0 Å². The fourth-order valence-corrected chi connectivity index (χ4v) is 4.29. The van der Waals surface area contributed by atoms with Gasteiger partial charge in [-0.2, -0.15) is 0 Å². The molecule has 3 aromatic carbocycles. The molecule has 0 saturated carbocycles. The lowest BCUT2D eigenvalue weighted by molar-refractivity contribution is 0.475. The van der Waals surface area contributed by atoms with Crippen molar-refractivity contribution >= 4 is 33.1 Å². The van der Waals surface area contributed by atoms with Gasteiger partial charge >= 0.3 is 0 Å². The molecule has 0 aliphatic rings. The van der Waals surface area contributed by atoms with E-state index in [2.05, 4.69) is 57.1 Å². The average molecular weight is 395 g/mol. The standard InChI is InChI=1S/C24H17N3OS/c28-20-8-4-7-19(13-20)27-23-22-21(14-29-24(22)26-15-25-23)18-11-9-17(10-12-18)16-5-2-1-3-6-16/h1-15,28H,(H,25,26,27). The van der Waals surface area contributed by atoms with Gasteiger partial charge in [0.05, 0.1) is 5.39 Å². The van der Waals surface area contributed by atoms with E-state index in [1.165, 1.54) is 11.1 Å². The summed E-state index contributed by atoms with van der Waals surface area (Å²) in [7, 11) is 0. The zero-order valence-corrected chi connectivity index (χ0v) is 16.2. The largest absolute Gasteiger partial charge is 0.508 e. The molecular formula is C24H17N3OS. The number of phenols is 1. The molecule has 2 heterocycles. The van der Waals surface area contributed by atoms with Gasteiger partial charge in [-0.3, -0.25) is 0 Å². The van der Waals surface area contributed by atoms with Gasteiger partial charge in [0, 0.05) is 22.7 Å². The number of nitrogens with one attached hydrogen (secondary N) is 1. The maximum atomic E-state index is 9.75. The summed E-state index contributed by atoms with van der Waals surface area (Å²) in [5, 5.41) is 16.2. The second-order valence-electron chi connectivity index (χ2n) is 6.67. The predicted molar refractivity (Wildman–Crippen MR) is 120 cm³/mol. The highest BCUT2D eigenvalue weighted by atomic mass is 32.1. The molecule has 0 atom stereocenters. The Bertz CT molecular complexity index is 1280. The van der Waals surface area contributed by atoms with Crippen molar-refractivity contribution in [2.75, 3.05) is 5.32 Å². The van der Waals surface area contributed by atoms with Crippen LogP contribution in [0.5, 0.6) is 5.75 Å². The molecule has 0 aliphatic heterocycles. The van der Waals surface area contributed by atoms with Gasteiger partial charge < -0.3 is 10.4 Å². The van der Waals surface area contributed by atoms with Gasteiger partial charge in [-0.05, 0) is 28.8 Å². The summed E-state index contributed by atoms with van der Waals surface area (Å²) in [6.45, 7) is 0. The van der Waals surface area contributed by atoms with E-state index in [-0.39, 0.29) is 5.75 Å². The molecule has 5 aromatic rings. The van der Waals surface area contributed by atoms with Gasteiger partial charge in [0.25, 0.3) is 0 Å². The third-order valence-corrected chi connectivity index (χ3v) is 5.67. The minimum atomic E-state index is 0.211. The lowest BCUT2D eigenvalue weighted by Crippen LogP contribution is -1.95. The fourth-order valence-electron chi connectivity index (χ4n) is 3.38. The van der Waals surface area contributed by atoms with Gasteiger partial charge in [0.2, 0.25) is 0 Å². The molecule has 0 bridgehead atoms. The molecular weight excluding hydrogens is 378 g/mol. The molecule has 0 amide bonds. The summed E-state index contributed by atoms with van der Waals surface area (Å²) in [5.41, 5.74) is 5.37. The van der Waals surface area contributed by atoms with Crippen LogP contribution in [-0.2, 0) is 0 Å². The quantitative estimate of drug-likeness (QED) is 0.366.